The molecule has 3 rings (SSSR count). The summed E-state index contributed by atoms with van der Waals surface area (Å²) in [4.78, 5) is 0.262. The lowest BCUT2D eigenvalue weighted by Gasteiger charge is -2.42. The lowest BCUT2D eigenvalue weighted by atomic mass is 9.63. The van der Waals surface area contributed by atoms with Crippen molar-refractivity contribution in [3.05, 3.63) is 64.7 Å². The molecule has 0 fully saturated rings. The van der Waals surface area contributed by atoms with Crippen molar-refractivity contribution in [3.63, 3.8) is 0 Å². The Bertz CT molecular complexity index is 1050. The fraction of sp³-hybridized carbons (Fsp3) is 0.417. The molecule has 3 nitrogen and oxygen atoms in total. The van der Waals surface area contributed by atoms with E-state index in [1.54, 1.807) is 12.1 Å². The quantitative estimate of drug-likeness (QED) is 0.759. The molecule has 0 radical (unpaired) electrons. The normalized spacial score (nSPS) is 18.5. The summed E-state index contributed by atoms with van der Waals surface area (Å²) in [6.45, 7) is 9.06. The van der Waals surface area contributed by atoms with Gasteiger partial charge in [0.05, 0.1) is 4.90 Å². The van der Waals surface area contributed by atoms with Gasteiger partial charge in [-0.2, -0.15) is 0 Å². The van der Waals surface area contributed by atoms with E-state index in [-0.39, 0.29) is 15.7 Å². The summed E-state index contributed by atoms with van der Waals surface area (Å²) in [6.07, 6.45) is 2.56. The molecule has 0 bridgehead atoms. The lowest BCUT2D eigenvalue weighted by molar-refractivity contribution is 0.237. The Hall–Kier alpha value is -2.09. The van der Waals surface area contributed by atoms with Crippen molar-refractivity contribution >= 4 is 9.84 Å². The van der Waals surface area contributed by atoms with Gasteiger partial charge in [0.15, 0.2) is 9.84 Å². The highest BCUT2D eigenvalue weighted by atomic mass is 32.2. The Kier molecular flexibility index (Phi) is 5.20. The number of aliphatic hydroxyl groups excluding tert-OH is 1. The second-order valence-corrected chi connectivity index (χ2v) is 11.1. The number of fused-ring (bicyclic) bond motifs is 1. The van der Waals surface area contributed by atoms with Gasteiger partial charge >= 0.3 is 0 Å². The van der Waals surface area contributed by atoms with Gasteiger partial charge in [0.1, 0.15) is 6.10 Å². The van der Waals surface area contributed by atoms with Crippen LogP contribution in [0.2, 0.25) is 0 Å². The molecule has 0 saturated heterocycles. The molecule has 0 aliphatic heterocycles. The van der Waals surface area contributed by atoms with Crippen LogP contribution in [0.15, 0.2) is 47.4 Å². The van der Waals surface area contributed by atoms with Gasteiger partial charge in [-0.1, -0.05) is 57.7 Å². The first kappa shape index (κ1) is 20.6. The largest absolute Gasteiger partial charge is 0.376 e. The Morgan fingerprint density at radius 3 is 2.07 bits per heavy atom. The van der Waals surface area contributed by atoms with Crippen LogP contribution in [0.5, 0.6) is 0 Å². The summed E-state index contributed by atoms with van der Waals surface area (Å²) >= 11 is 0. The van der Waals surface area contributed by atoms with E-state index in [1.807, 2.05) is 6.07 Å². The first-order valence-electron chi connectivity index (χ1n) is 9.55. The third-order valence-electron chi connectivity index (χ3n) is 5.83. The van der Waals surface area contributed by atoms with Crippen molar-refractivity contribution in [2.75, 3.05) is 6.26 Å². The van der Waals surface area contributed by atoms with Crippen LogP contribution < -0.4 is 0 Å². The summed E-state index contributed by atoms with van der Waals surface area (Å²) in [6, 6.07) is 12.6. The van der Waals surface area contributed by atoms with Gasteiger partial charge in [-0.05, 0) is 64.6 Å². The molecular formula is C24H28O3S. The van der Waals surface area contributed by atoms with Crippen molar-refractivity contribution < 1.29 is 13.5 Å². The maximum Gasteiger partial charge on any atom is 0.175 e. The number of rotatable bonds is 2. The van der Waals surface area contributed by atoms with E-state index in [0.717, 1.165) is 18.4 Å². The number of hydrogen-bond acceptors (Lipinski definition) is 3. The highest BCUT2D eigenvalue weighted by Crippen LogP contribution is 2.46. The highest BCUT2D eigenvalue weighted by molar-refractivity contribution is 7.90. The molecule has 0 heterocycles. The topological polar surface area (TPSA) is 54.4 Å². The van der Waals surface area contributed by atoms with Gasteiger partial charge in [-0.15, -0.1) is 0 Å². The van der Waals surface area contributed by atoms with Crippen molar-refractivity contribution in [1.82, 2.24) is 0 Å². The van der Waals surface area contributed by atoms with Crippen molar-refractivity contribution in [2.24, 2.45) is 0 Å². The maximum atomic E-state index is 11.5. The molecule has 2 aromatic rings. The zero-order chi connectivity index (χ0) is 20.7. The number of hydrogen-bond donors (Lipinski definition) is 1. The van der Waals surface area contributed by atoms with Gasteiger partial charge < -0.3 is 5.11 Å². The molecule has 4 heteroatoms. The van der Waals surface area contributed by atoms with E-state index < -0.39 is 15.9 Å². The Morgan fingerprint density at radius 2 is 1.50 bits per heavy atom. The number of aliphatic hydroxyl groups is 1. The van der Waals surface area contributed by atoms with Gasteiger partial charge in [-0.25, -0.2) is 8.42 Å². The van der Waals surface area contributed by atoms with Crippen LogP contribution in [0, 0.1) is 11.8 Å². The third-order valence-corrected chi connectivity index (χ3v) is 6.96. The minimum Gasteiger partial charge on any atom is -0.376 e. The molecule has 148 valence electrons. The molecule has 1 atom stereocenters. The second-order valence-electron chi connectivity index (χ2n) is 9.04. The summed E-state index contributed by atoms with van der Waals surface area (Å²) in [7, 11) is -3.22. The number of sulfone groups is 1. The van der Waals surface area contributed by atoms with Crippen molar-refractivity contribution in [3.8, 4) is 11.8 Å². The minimum absolute atomic E-state index is 0.0789. The Balaban J connectivity index is 1.89. The molecule has 28 heavy (non-hydrogen) atoms. The van der Waals surface area contributed by atoms with Crippen molar-refractivity contribution in [1.29, 1.82) is 0 Å². The zero-order valence-electron chi connectivity index (χ0n) is 17.2. The molecule has 1 unspecified atom stereocenters. The van der Waals surface area contributed by atoms with Crippen LogP contribution in [0.4, 0.5) is 0 Å². The van der Waals surface area contributed by atoms with Crippen LogP contribution in [0.3, 0.4) is 0 Å². The summed E-state index contributed by atoms with van der Waals surface area (Å²) in [5, 5.41) is 10.6. The fourth-order valence-electron chi connectivity index (χ4n) is 3.80. The van der Waals surface area contributed by atoms with Gasteiger partial charge in [0, 0.05) is 11.8 Å². The SMILES string of the molecule is CC1(C)CCC(C)(C)c2cc(C(O)C#Cc3ccc(S(C)(=O)=O)cc3)ccc21. The summed E-state index contributed by atoms with van der Waals surface area (Å²) in [5.41, 5.74) is 4.33. The molecule has 0 aromatic heterocycles. The molecule has 0 amide bonds. The second kappa shape index (κ2) is 7.06. The first-order chi connectivity index (χ1) is 12.9. The minimum atomic E-state index is -3.22. The van der Waals surface area contributed by atoms with Crippen molar-refractivity contribution in [2.45, 2.75) is 62.4 Å². The predicted molar refractivity (Wildman–Crippen MR) is 113 cm³/mol. The summed E-state index contributed by atoms with van der Waals surface area (Å²) < 4.78 is 23.1. The Morgan fingerprint density at radius 1 is 0.929 bits per heavy atom. The third kappa shape index (κ3) is 4.16. The first-order valence-corrected chi connectivity index (χ1v) is 11.4. The maximum absolute atomic E-state index is 11.5. The van der Waals surface area contributed by atoms with Gasteiger partial charge in [0.2, 0.25) is 0 Å². The van der Waals surface area contributed by atoms with Crippen LogP contribution in [-0.2, 0) is 20.7 Å². The van der Waals surface area contributed by atoms with E-state index in [0.29, 0.717) is 5.56 Å². The van der Waals surface area contributed by atoms with Crippen LogP contribution in [0.1, 0.15) is 68.9 Å². The van der Waals surface area contributed by atoms with E-state index in [2.05, 4.69) is 51.7 Å². The monoisotopic (exact) mass is 396 g/mol. The van der Waals surface area contributed by atoms with E-state index in [4.69, 9.17) is 0 Å². The van der Waals surface area contributed by atoms with E-state index >= 15 is 0 Å². The van der Waals surface area contributed by atoms with Crippen LogP contribution in [0.25, 0.3) is 0 Å². The van der Waals surface area contributed by atoms with E-state index in [9.17, 15) is 13.5 Å². The molecule has 2 aromatic carbocycles. The predicted octanol–water partition coefficient (Wildman–Crippen LogP) is 4.52. The van der Waals surface area contributed by atoms with Crippen LogP contribution in [-0.4, -0.2) is 19.8 Å². The fourth-order valence-corrected chi connectivity index (χ4v) is 4.43. The molecule has 1 aliphatic rings. The Labute approximate surface area is 168 Å². The molecule has 1 aliphatic carbocycles. The zero-order valence-corrected chi connectivity index (χ0v) is 18.0. The molecule has 0 saturated carbocycles. The van der Waals surface area contributed by atoms with Crippen LogP contribution >= 0.6 is 0 Å². The molecule has 1 N–H and O–H groups in total. The lowest BCUT2D eigenvalue weighted by Crippen LogP contribution is -2.34. The molecular weight excluding hydrogens is 368 g/mol. The highest BCUT2D eigenvalue weighted by Gasteiger charge is 2.37. The van der Waals surface area contributed by atoms with Gasteiger partial charge in [0.25, 0.3) is 0 Å². The van der Waals surface area contributed by atoms with Gasteiger partial charge in [-0.3, -0.25) is 0 Å². The molecule has 0 spiro atoms. The average Bonchev–Trinajstić information content (AvgIpc) is 2.63. The summed E-state index contributed by atoms with van der Waals surface area (Å²) in [5.74, 6) is 5.83. The standard InChI is InChI=1S/C24H28O3S/c1-23(2)14-15-24(3,4)21-16-18(9-12-20(21)23)22(25)13-8-17-6-10-19(11-7-17)28(5,26)27/h6-7,9-12,16,22,25H,14-15H2,1-5H3. The average molecular weight is 397 g/mol. The van der Waals surface area contributed by atoms with E-state index in [1.165, 1.54) is 29.5 Å². The smallest absolute Gasteiger partial charge is 0.175 e. The number of benzene rings is 2.